The molecule has 0 aromatic heterocycles. The van der Waals surface area contributed by atoms with Gasteiger partial charge in [0.15, 0.2) is 0 Å². The van der Waals surface area contributed by atoms with Gasteiger partial charge in [0, 0.05) is 40.6 Å². The van der Waals surface area contributed by atoms with Crippen molar-refractivity contribution in [3.8, 4) is 11.8 Å². The van der Waals surface area contributed by atoms with Gasteiger partial charge in [-0.1, -0.05) is 24.6 Å². The molecule has 1 atom stereocenters. The smallest absolute Gasteiger partial charge is 0.266 e. The predicted molar refractivity (Wildman–Crippen MR) is 122 cm³/mol. The van der Waals surface area contributed by atoms with E-state index in [-0.39, 0.29) is 11.1 Å². The van der Waals surface area contributed by atoms with Gasteiger partial charge in [0.2, 0.25) is 0 Å². The second kappa shape index (κ2) is 8.41. The molecule has 0 saturated carbocycles. The predicted octanol–water partition coefficient (Wildman–Crippen LogP) is 5.62. The maximum Gasteiger partial charge on any atom is 0.266 e. The van der Waals surface area contributed by atoms with E-state index in [0.29, 0.717) is 27.9 Å². The van der Waals surface area contributed by atoms with Gasteiger partial charge in [-0.2, -0.15) is 5.26 Å². The summed E-state index contributed by atoms with van der Waals surface area (Å²) in [5, 5.41) is 12.8. The number of rotatable bonds is 4. The Balaban J connectivity index is 2.00. The zero-order chi connectivity index (χ0) is 22.1. The number of hydrogen-bond acceptors (Lipinski definition) is 4. The summed E-state index contributed by atoms with van der Waals surface area (Å²) in [4.78, 5) is 14.9. The van der Waals surface area contributed by atoms with Crippen LogP contribution in [0.25, 0.3) is 6.08 Å². The number of carbonyl (C=O) groups excluding carboxylic acids is 1. The Morgan fingerprint density at radius 2 is 2.10 bits per heavy atom. The lowest BCUT2D eigenvalue weighted by atomic mass is 9.80. The van der Waals surface area contributed by atoms with Crippen molar-refractivity contribution in [2.45, 2.75) is 38.6 Å². The van der Waals surface area contributed by atoms with Gasteiger partial charge in [-0.25, -0.2) is 0 Å². The standard InChI is InChI=1S/C24H26ClN3O2/c1-15-13-24(2,3)28(4)21-12-22(30-5)16(10-20(15)21)9-17(14-26)23(29)27-19-8-6-7-18(25)11-19/h6-12,15H,13H2,1-5H3,(H,27,29)/b17-9+. The second-order valence-electron chi connectivity index (χ2n) is 8.26. The topological polar surface area (TPSA) is 65.4 Å². The maximum atomic E-state index is 12.7. The van der Waals surface area contributed by atoms with Crippen LogP contribution in [0.4, 0.5) is 11.4 Å². The lowest BCUT2D eigenvalue weighted by Crippen LogP contribution is -2.45. The monoisotopic (exact) mass is 423 g/mol. The number of amides is 1. The van der Waals surface area contributed by atoms with E-state index < -0.39 is 5.91 Å². The molecule has 156 valence electrons. The number of hydrogen-bond donors (Lipinski definition) is 1. The summed E-state index contributed by atoms with van der Waals surface area (Å²) in [6.45, 7) is 6.64. The lowest BCUT2D eigenvalue weighted by Gasteiger charge is -2.45. The van der Waals surface area contributed by atoms with Gasteiger partial charge in [0.05, 0.1) is 7.11 Å². The molecule has 5 nitrogen and oxygen atoms in total. The Labute approximate surface area is 182 Å². The number of benzene rings is 2. The molecule has 1 aliphatic rings. The van der Waals surface area contributed by atoms with Crippen molar-refractivity contribution < 1.29 is 9.53 Å². The molecule has 1 heterocycles. The molecular formula is C24H26ClN3O2. The summed E-state index contributed by atoms with van der Waals surface area (Å²) in [5.74, 6) is 0.467. The first-order chi connectivity index (χ1) is 14.2. The summed E-state index contributed by atoms with van der Waals surface area (Å²) in [6.07, 6.45) is 2.58. The Bertz CT molecular complexity index is 1050. The van der Waals surface area contributed by atoms with Gasteiger partial charge in [-0.15, -0.1) is 0 Å². The minimum absolute atomic E-state index is 0.00891. The number of nitrogens with one attached hydrogen (secondary N) is 1. The summed E-state index contributed by atoms with van der Waals surface area (Å²) < 4.78 is 5.59. The van der Waals surface area contributed by atoms with E-state index in [2.05, 4.69) is 38.0 Å². The first-order valence-electron chi connectivity index (χ1n) is 9.80. The third-order valence-electron chi connectivity index (χ3n) is 5.73. The van der Waals surface area contributed by atoms with Gasteiger partial charge >= 0.3 is 0 Å². The van der Waals surface area contributed by atoms with Gasteiger partial charge in [-0.05, 0) is 62.1 Å². The number of nitrogens with zero attached hydrogens (tertiary/aromatic N) is 2. The fourth-order valence-corrected chi connectivity index (χ4v) is 4.16. The molecule has 1 unspecified atom stereocenters. The number of nitriles is 1. The van der Waals surface area contributed by atoms with Crippen LogP contribution in [0.15, 0.2) is 42.0 Å². The summed E-state index contributed by atoms with van der Waals surface area (Å²) in [6, 6.07) is 12.8. The summed E-state index contributed by atoms with van der Waals surface area (Å²) >= 11 is 5.97. The van der Waals surface area contributed by atoms with Crippen LogP contribution in [-0.2, 0) is 4.79 Å². The zero-order valence-electron chi connectivity index (χ0n) is 17.9. The van der Waals surface area contributed by atoms with Gasteiger partial charge in [0.1, 0.15) is 17.4 Å². The SMILES string of the molecule is COc1cc2c(cc1/C=C(\C#N)C(=O)Nc1cccc(Cl)c1)C(C)CC(C)(C)N2C. The molecule has 0 radical (unpaired) electrons. The van der Waals surface area contributed by atoms with E-state index in [4.69, 9.17) is 16.3 Å². The lowest BCUT2D eigenvalue weighted by molar-refractivity contribution is -0.112. The van der Waals surface area contributed by atoms with E-state index >= 15 is 0 Å². The normalized spacial score (nSPS) is 17.7. The fraction of sp³-hybridized carbons (Fsp3) is 0.333. The molecule has 2 aromatic carbocycles. The summed E-state index contributed by atoms with van der Waals surface area (Å²) in [7, 11) is 3.67. The van der Waals surface area contributed by atoms with E-state index in [0.717, 1.165) is 12.1 Å². The quantitative estimate of drug-likeness (QED) is 0.512. The second-order valence-corrected chi connectivity index (χ2v) is 8.70. The highest BCUT2D eigenvalue weighted by Gasteiger charge is 2.34. The molecule has 2 aromatic rings. The average molecular weight is 424 g/mol. The molecule has 0 aliphatic carbocycles. The van der Waals surface area contributed by atoms with E-state index in [1.807, 2.05) is 18.2 Å². The van der Waals surface area contributed by atoms with Crippen molar-refractivity contribution in [3.63, 3.8) is 0 Å². The number of ether oxygens (including phenoxy) is 1. The minimum atomic E-state index is -0.495. The van der Waals surface area contributed by atoms with Crippen molar-refractivity contribution in [3.05, 3.63) is 58.1 Å². The largest absolute Gasteiger partial charge is 0.496 e. The van der Waals surface area contributed by atoms with Crippen LogP contribution in [0, 0.1) is 11.3 Å². The average Bonchev–Trinajstić information content (AvgIpc) is 2.69. The van der Waals surface area contributed by atoms with E-state index in [9.17, 15) is 10.1 Å². The van der Waals surface area contributed by atoms with E-state index in [1.54, 1.807) is 37.5 Å². The number of anilines is 2. The Hall–Kier alpha value is -2.97. The molecule has 0 saturated heterocycles. The Kier molecular flexibility index (Phi) is 6.09. The van der Waals surface area contributed by atoms with Crippen molar-refractivity contribution in [2.24, 2.45) is 0 Å². The Morgan fingerprint density at radius 1 is 1.37 bits per heavy atom. The van der Waals surface area contributed by atoms with Crippen molar-refractivity contribution in [1.29, 1.82) is 5.26 Å². The number of carbonyl (C=O) groups is 1. The first-order valence-corrected chi connectivity index (χ1v) is 10.2. The summed E-state index contributed by atoms with van der Waals surface area (Å²) in [5.41, 5.74) is 3.54. The molecule has 1 aliphatic heterocycles. The number of halogens is 1. The molecule has 1 amide bonds. The van der Waals surface area contributed by atoms with Crippen molar-refractivity contribution in [1.82, 2.24) is 0 Å². The Morgan fingerprint density at radius 3 is 2.73 bits per heavy atom. The molecule has 6 heteroatoms. The van der Waals surface area contributed by atoms with Crippen LogP contribution < -0.4 is 15.0 Å². The van der Waals surface area contributed by atoms with Crippen LogP contribution in [-0.4, -0.2) is 25.6 Å². The van der Waals surface area contributed by atoms with E-state index in [1.165, 1.54) is 5.56 Å². The highest BCUT2D eigenvalue weighted by atomic mass is 35.5. The third kappa shape index (κ3) is 4.29. The number of fused-ring (bicyclic) bond motifs is 1. The van der Waals surface area contributed by atoms with Crippen LogP contribution in [0.2, 0.25) is 5.02 Å². The minimum Gasteiger partial charge on any atom is -0.496 e. The van der Waals surface area contributed by atoms with Crippen molar-refractivity contribution >= 4 is 35.0 Å². The van der Waals surface area contributed by atoms with Crippen LogP contribution in [0.3, 0.4) is 0 Å². The van der Waals surface area contributed by atoms with Crippen LogP contribution in [0.1, 0.15) is 44.2 Å². The van der Waals surface area contributed by atoms with Crippen LogP contribution >= 0.6 is 11.6 Å². The molecular weight excluding hydrogens is 398 g/mol. The number of methoxy groups -OCH3 is 1. The van der Waals surface area contributed by atoms with Crippen molar-refractivity contribution in [2.75, 3.05) is 24.4 Å². The molecule has 1 N–H and O–H groups in total. The molecule has 3 rings (SSSR count). The zero-order valence-corrected chi connectivity index (χ0v) is 18.7. The highest BCUT2D eigenvalue weighted by Crippen LogP contribution is 2.45. The molecule has 0 fully saturated rings. The third-order valence-corrected chi connectivity index (χ3v) is 5.97. The first kappa shape index (κ1) is 21.7. The van der Waals surface area contributed by atoms with Gasteiger partial charge < -0.3 is 15.0 Å². The van der Waals surface area contributed by atoms with Gasteiger partial charge in [0.25, 0.3) is 5.91 Å². The van der Waals surface area contributed by atoms with Gasteiger partial charge in [-0.3, -0.25) is 4.79 Å². The fourth-order valence-electron chi connectivity index (χ4n) is 3.97. The van der Waals surface area contributed by atoms with Crippen LogP contribution in [0.5, 0.6) is 5.75 Å². The maximum absolute atomic E-state index is 12.7. The highest BCUT2D eigenvalue weighted by molar-refractivity contribution is 6.31. The molecule has 30 heavy (non-hydrogen) atoms. The molecule has 0 spiro atoms. The molecule has 0 bridgehead atoms.